The molecule has 1 rings (SSSR count). The van der Waals surface area contributed by atoms with Crippen LogP contribution in [-0.2, 0) is 4.43 Å². The molecule has 0 aromatic heterocycles. The van der Waals surface area contributed by atoms with Crippen molar-refractivity contribution in [1.29, 1.82) is 0 Å². The average Bonchev–Trinajstić information content (AvgIpc) is 2.42. The molecule has 0 amide bonds. The summed E-state index contributed by atoms with van der Waals surface area (Å²) in [6, 6.07) is 7.48. The van der Waals surface area contributed by atoms with E-state index in [-0.39, 0.29) is 5.04 Å². The highest BCUT2D eigenvalue weighted by atomic mass is 28.4. The van der Waals surface area contributed by atoms with Gasteiger partial charge in [0.2, 0.25) is 5.88 Å². The first-order valence-corrected chi connectivity index (χ1v) is 10.3. The molecule has 0 N–H and O–H groups in total. The van der Waals surface area contributed by atoms with Crippen molar-refractivity contribution in [3.05, 3.63) is 36.4 Å². The molecule has 0 spiro atoms. The number of methoxy groups -OCH3 is 1. The lowest BCUT2D eigenvalue weighted by molar-refractivity contribution is 0.243. The van der Waals surface area contributed by atoms with Crippen LogP contribution >= 0.6 is 0 Å². The van der Waals surface area contributed by atoms with E-state index in [1.807, 2.05) is 43.3 Å². The summed E-state index contributed by atoms with van der Waals surface area (Å²) in [5.74, 6) is 2.29. The summed E-state index contributed by atoms with van der Waals surface area (Å²) < 4.78 is 17.2. The predicted octanol–water partition coefficient (Wildman–Crippen LogP) is 4.46. The molecule has 5 heteroatoms. The molecule has 0 unspecified atom stereocenters. The summed E-state index contributed by atoms with van der Waals surface area (Å²) in [4.78, 5) is 1.93. The number of ether oxygens (including phenoxy) is 2. The van der Waals surface area contributed by atoms with Crippen LogP contribution in [0.2, 0.25) is 18.1 Å². The van der Waals surface area contributed by atoms with E-state index < -0.39 is 8.32 Å². The van der Waals surface area contributed by atoms with Gasteiger partial charge in [0, 0.05) is 14.1 Å². The van der Waals surface area contributed by atoms with Gasteiger partial charge in [0.25, 0.3) is 8.32 Å². The maximum Gasteiger partial charge on any atom is 0.252 e. The zero-order valence-corrected chi connectivity index (χ0v) is 16.1. The van der Waals surface area contributed by atoms with E-state index in [1.54, 1.807) is 13.4 Å². The molecule has 4 nitrogen and oxygen atoms in total. The van der Waals surface area contributed by atoms with Crippen LogP contribution in [0.4, 0.5) is 0 Å². The van der Waals surface area contributed by atoms with Crippen molar-refractivity contribution < 1.29 is 13.9 Å². The molecule has 0 saturated carbocycles. The van der Waals surface area contributed by atoms with E-state index in [4.69, 9.17) is 13.9 Å². The Labute approximate surface area is 135 Å². The smallest absolute Gasteiger partial charge is 0.252 e. The molecule has 0 radical (unpaired) electrons. The molecular weight excluding hydrogens is 294 g/mol. The summed E-state index contributed by atoms with van der Waals surface area (Å²) in [7, 11) is 3.66. The maximum absolute atomic E-state index is 6.31. The highest BCUT2D eigenvalue weighted by Gasteiger charge is 2.39. The normalized spacial score (nSPS) is 12.8. The lowest BCUT2D eigenvalue weighted by atomic mass is 10.2. The van der Waals surface area contributed by atoms with Gasteiger partial charge >= 0.3 is 0 Å². The molecule has 0 fully saturated rings. The SMILES string of the molecule is COc1ccc(O/C=C(\O[Si](C)(C)C(C)(C)C)N(C)C)cc1. The topological polar surface area (TPSA) is 30.9 Å². The summed E-state index contributed by atoms with van der Waals surface area (Å²) in [6.45, 7) is 11.1. The van der Waals surface area contributed by atoms with Crippen LogP contribution in [0, 0.1) is 0 Å². The zero-order chi connectivity index (χ0) is 17.0. The highest BCUT2D eigenvalue weighted by Crippen LogP contribution is 2.38. The van der Waals surface area contributed by atoms with Crippen LogP contribution in [0.15, 0.2) is 36.4 Å². The molecule has 0 aliphatic heterocycles. The average molecular weight is 324 g/mol. The van der Waals surface area contributed by atoms with Crippen LogP contribution in [-0.4, -0.2) is 34.4 Å². The molecule has 0 atom stereocenters. The second-order valence-electron chi connectivity index (χ2n) is 7.01. The van der Waals surface area contributed by atoms with E-state index in [9.17, 15) is 0 Å². The van der Waals surface area contributed by atoms with Crippen molar-refractivity contribution in [3.63, 3.8) is 0 Å². The fraction of sp³-hybridized carbons (Fsp3) is 0.529. The van der Waals surface area contributed by atoms with E-state index in [0.717, 1.165) is 17.4 Å². The van der Waals surface area contributed by atoms with Gasteiger partial charge in [-0.3, -0.25) is 0 Å². The largest absolute Gasteiger partial charge is 0.530 e. The van der Waals surface area contributed by atoms with Gasteiger partial charge in [0.05, 0.1) is 7.11 Å². The minimum atomic E-state index is -1.89. The van der Waals surface area contributed by atoms with Gasteiger partial charge in [-0.15, -0.1) is 0 Å². The number of benzene rings is 1. The second kappa shape index (κ2) is 7.09. The number of hydrogen-bond acceptors (Lipinski definition) is 4. The van der Waals surface area contributed by atoms with E-state index >= 15 is 0 Å². The Morgan fingerprint density at radius 1 is 1.05 bits per heavy atom. The Kier molecular flexibility index (Phi) is 5.94. The molecule has 124 valence electrons. The van der Waals surface area contributed by atoms with E-state index in [1.165, 1.54) is 0 Å². The van der Waals surface area contributed by atoms with Crippen LogP contribution in [0.1, 0.15) is 20.8 Å². The molecule has 0 heterocycles. The van der Waals surface area contributed by atoms with Crippen molar-refractivity contribution in [2.75, 3.05) is 21.2 Å². The van der Waals surface area contributed by atoms with Crippen LogP contribution in [0.5, 0.6) is 11.5 Å². The van der Waals surface area contributed by atoms with Crippen molar-refractivity contribution in [3.8, 4) is 11.5 Å². The van der Waals surface area contributed by atoms with Crippen LogP contribution < -0.4 is 9.47 Å². The third-order valence-electron chi connectivity index (χ3n) is 3.96. The summed E-state index contributed by atoms with van der Waals surface area (Å²) in [5.41, 5.74) is 0. The van der Waals surface area contributed by atoms with E-state index in [0.29, 0.717) is 0 Å². The Balaban J connectivity index is 2.86. The monoisotopic (exact) mass is 323 g/mol. The van der Waals surface area contributed by atoms with Gasteiger partial charge in [-0.05, 0) is 42.4 Å². The molecule has 0 bridgehead atoms. The van der Waals surface area contributed by atoms with Gasteiger partial charge in [0.1, 0.15) is 17.8 Å². The Morgan fingerprint density at radius 2 is 1.55 bits per heavy atom. The number of rotatable bonds is 6. The number of nitrogens with zero attached hydrogens (tertiary/aromatic N) is 1. The minimum absolute atomic E-state index is 0.141. The molecule has 1 aromatic rings. The zero-order valence-electron chi connectivity index (χ0n) is 15.1. The Hall–Kier alpha value is -1.62. The molecule has 0 saturated heterocycles. The van der Waals surface area contributed by atoms with Crippen molar-refractivity contribution >= 4 is 8.32 Å². The van der Waals surface area contributed by atoms with Crippen molar-refractivity contribution in [2.24, 2.45) is 0 Å². The quantitative estimate of drug-likeness (QED) is 0.571. The van der Waals surface area contributed by atoms with Gasteiger partial charge in [0.15, 0.2) is 0 Å². The third-order valence-corrected chi connectivity index (χ3v) is 8.29. The lowest BCUT2D eigenvalue weighted by Gasteiger charge is -2.38. The summed E-state index contributed by atoms with van der Waals surface area (Å²) in [5, 5.41) is 0.141. The highest BCUT2D eigenvalue weighted by molar-refractivity contribution is 6.74. The Bertz CT molecular complexity index is 502. The predicted molar refractivity (Wildman–Crippen MR) is 93.7 cm³/mol. The lowest BCUT2D eigenvalue weighted by Crippen LogP contribution is -2.42. The van der Waals surface area contributed by atoms with E-state index in [2.05, 4.69) is 33.9 Å². The summed E-state index contributed by atoms with van der Waals surface area (Å²) in [6.07, 6.45) is 1.67. The standard InChI is InChI=1S/C17H29NO3Si/c1-17(2,3)22(7,8)21-16(18(4)5)13-20-15-11-9-14(19-6)10-12-15/h9-13H,1-8H3/b16-13-. The van der Waals surface area contributed by atoms with Crippen LogP contribution in [0.3, 0.4) is 0 Å². The van der Waals surface area contributed by atoms with Crippen molar-refractivity contribution in [1.82, 2.24) is 4.90 Å². The van der Waals surface area contributed by atoms with Crippen LogP contribution in [0.25, 0.3) is 0 Å². The van der Waals surface area contributed by atoms with Gasteiger partial charge in [-0.1, -0.05) is 20.8 Å². The first-order valence-electron chi connectivity index (χ1n) is 7.44. The maximum atomic E-state index is 6.31. The molecule has 0 aliphatic rings. The fourth-order valence-electron chi connectivity index (χ4n) is 1.41. The fourth-order valence-corrected chi connectivity index (χ4v) is 2.47. The van der Waals surface area contributed by atoms with Crippen molar-refractivity contribution in [2.45, 2.75) is 38.9 Å². The molecule has 22 heavy (non-hydrogen) atoms. The first kappa shape index (κ1) is 18.4. The molecule has 1 aromatic carbocycles. The van der Waals surface area contributed by atoms with Gasteiger partial charge in [-0.2, -0.15) is 0 Å². The third kappa shape index (κ3) is 4.98. The second-order valence-corrected chi connectivity index (χ2v) is 11.7. The molecule has 0 aliphatic carbocycles. The van der Waals surface area contributed by atoms with Gasteiger partial charge < -0.3 is 18.8 Å². The minimum Gasteiger partial charge on any atom is -0.530 e. The first-order chi connectivity index (χ1) is 10.1. The molecular formula is C17H29NO3Si. The number of hydrogen-bond donors (Lipinski definition) is 0. The van der Waals surface area contributed by atoms with Gasteiger partial charge in [-0.25, -0.2) is 0 Å². The Morgan fingerprint density at radius 3 is 1.95 bits per heavy atom. The summed E-state index contributed by atoms with van der Waals surface area (Å²) >= 11 is 0.